The molecule has 0 radical (unpaired) electrons. The molecule has 2 aromatic rings. The summed E-state index contributed by atoms with van der Waals surface area (Å²) in [7, 11) is 0. The molecular formula is C14H13NO. The fourth-order valence-electron chi connectivity index (χ4n) is 2.41. The molecule has 0 saturated carbocycles. The van der Waals surface area contributed by atoms with Gasteiger partial charge in [0.25, 0.3) is 0 Å². The standard InChI is InChI=1S/C14H13NO/c16-14-8-4-2-6-11(14)12-9-15-13-7-3-1-5-10(12)13/h1,3-5,7-9,11,15H,2,6H2. The van der Waals surface area contributed by atoms with Crippen molar-refractivity contribution in [2.45, 2.75) is 18.8 Å². The maximum Gasteiger partial charge on any atom is 0.162 e. The Kier molecular flexibility index (Phi) is 2.13. The quantitative estimate of drug-likeness (QED) is 0.772. The van der Waals surface area contributed by atoms with Crippen molar-refractivity contribution in [2.24, 2.45) is 0 Å². The lowest BCUT2D eigenvalue weighted by Gasteiger charge is -2.15. The van der Waals surface area contributed by atoms with E-state index in [4.69, 9.17) is 0 Å². The van der Waals surface area contributed by atoms with Crippen LogP contribution in [0.3, 0.4) is 0 Å². The zero-order chi connectivity index (χ0) is 11.0. The molecule has 0 amide bonds. The van der Waals surface area contributed by atoms with Crippen molar-refractivity contribution in [1.29, 1.82) is 0 Å². The molecule has 1 aliphatic carbocycles. The highest BCUT2D eigenvalue weighted by atomic mass is 16.1. The number of aromatic nitrogens is 1. The van der Waals surface area contributed by atoms with Gasteiger partial charge >= 0.3 is 0 Å². The van der Waals surface area contributed by atoms with Gasteiger partial charge in [-0.05, 0) is 30.5 Å². The van der Waals surface area contributed by atoms with Crippen molar-refractivity contribution in [2.75, 3.05) is 0 Å². The third-order valence-corrected chi connectivity index (χ3v) is 3.24. The van der Waals surface area contributed by atoms with Crippen molar-refractivity contribution in [3.05, 3.63) is 48.2 Å². The molecule has 3 rings (SSSR count). The topological polar surface area (TPSA) is 32.9 Å². The number of hydrogen-bond donors (Lipinski definition) is 1. The Labute approximate surface area is 94.0 Å². The van der Waals surface area contributed by atoms with Crippen LogP contribution in [0.25, 0.3) is 10.9 Å². The van der Waals surface area contributed by atoms with Crippen molar-refractivity contribution >= 4 is 16.7 Å². The molecule has 1 unspecified atom stereocenters. The summed E-state index contributed by atoms with van der Waals surface area (Å²) in [4.78, 5) is 15.1. The summed E-state index contributed by atoms with van der Waals surface area (Å²) in [6.07, 6.45) is 7.59. The lowest BCUT2D eigenvalue weighted by atomic mass is 9.86. The van der Waals surface area contributed by atoms with Gasteiger partial charge in [-0.15, -0.1) is 0 Å². The maximum absolute atomic E-state index is 11.8. The monoisotopic (exact) mass is 211 g/mol. The van der Waals surface area contributed by atoms with Crippen LogP contribution in [0, 0.1) is 0 Å². The molecule has 1 N–H and O–H groups in total. The number of H-pyrrole nitrogens is 1. The molecule has 80 valence electrons. The number of allylic oxidation sites excluding steroid dienone is 2. The maximum atomic E-state index is 11.8. The number of para-hydroxylation sites is 1. The van der Waals surface area contributed by atoms with Gasteiger partial charge < -0.3 is 4.98 Å². The smallest absolute Gasteiger partial charge is 0.162 e. The summed E-state index contributed by atoms with van der Waals surface area (Å²) in [5, 5.41) is 1.18. The molecule has 16 heavy (non-hydrogen) atoms. The molecule has 1 atom stereocenters. The number of fused-ring (bicyclic) bond motifs is 1. The van der Waals surface area contributed by atoms with E-state index >= 15 is 0 Å². The number of benzene rings is 1. The molecule has 0 fully saturated rings. The Bertz CT molecular complexity index is 565. The Morgan fingerprint density at radius 2 is 2.12 bits per heavy atom. The Balaban J connectivity index is 2.12. The van der Waals surface area contributed by atoms with Gasteiger partial charge in [-0.3, -0.25) is 4.79 Å². The van der Waals surface area contributed by atoms with E-state index in [2.05, 4.69) is 11.1 Å². The lowest BCUT2D eigenvalue weighted by Crippen LogP contribution is -2.12. The van der Waals surface area contributed by atoms with E-state index in [-0.39, 0.29) is 11.7 Å². The zero-order valence-corrected chi connectivity index (χ0v) is 8.94. The molecular weight excluding hydrogens is 198 g/mol. The van der Waals surface area contributed by atoms with Crippen molar-refractivity contribution in [1.82, 2.24) is 4.98 Å². The highest BCUT2D eigenvalue weighted by molar-refractivity contribution is 5.99. The molecule has 2 heteroatoms. The highest BCUT2D eigenvalue weighted by Gasteiger charge is 2.22. The van der Waals surface area contributed by atoms with Gasteiger partial charge in [0, 0.05) is 23.0 Å². The fraction of sp³-hybridized carbons (Fsp3) is 0.214. The third kappa shape index (κ3) is 1.38. The highest BCUT2D eigenvalue weighted by Crippen LogP contribution is 2.31. The summed E-state index contributed by atoms with van der Waals surface area (Å²) >= 11 is 0. The fourth-order valence-corrected chi connectivity index (χ4v) is 2.41. The summed E-state index contributed by atoms with van der Waals surface area (Å²) in [5.74, 6) is 0.275. The van der Waals surface area contributed by atoms with Crippen LogP contribution in [-0.4, -0.2) is 10.8 Å². The number of nitrogens with one attached hydrogen (secondary N) is 1. The van der Waals surface area contributed by atoms with E-state index in [0.29, 0.717) is 0 Å². The molecule has 0 bridgehead atoms. The van der Waals surface area contributed by atoms with Gasteiger partial charge in [0.15, 0.2) is 5.78 Å². The third-order valence-electron chi connectivity index (χ3n) is 3.24. The summed E-state index contributed by atoms with van der Waals surface area (Å²) in [5.41, 5.74) is 2.25. The van der Waals surface area contributed by atoms with Gasteiger partial charge in [-0.2, -0.15) is 0 Å². The number of aromatic amines is 1. The average molecular weight is 211 g/mol. The summed E-state index contributed by atoms with van der Waals surface area (Å²) in [6.45, 7) is 0. The Hall–Kier alpha value is -1.83. The molecule has 0 aliphatic heterocycles. The normalized spacial score (nSPS) is 20.5. The Morgan fingerprint density at radius 3 is 3.00 bits per heavy atom. The molecule has 0 spiro atoms. The first-order chi connectivity index (χ1) is 7.86. The van der Waals surface area contributed by atoms with E-state index in [1.807, 2.05) is 30.5 Å². The van der Waals surface area contributed by atoms with Gasteiger partial charge in [0.1, 0.15) is 0 Å². The van der Waals surface area contributed by atoms with Crippen molar-refractivity contribution in [3.8, 4) is 0 Å². The SMILES string of the molecule is O=C1C=CCCC1c1c[nH]c2ccccc12. The molecule has 1 aliphatic rings. The molecule has 1 aromatic carbocycles. The van der Waals surface area contributed by atoms with Crippen LogP contribution in [0.5, 0.6) is 0 Å². The molecule has 1 heterocycles. The van der Waals surface area contributed by atoms with E-state index in [1.165, 1.54) is 5.39 Å². The average Bonchev–Trinajstić information content (AvgIpc) is 2.74. The predicted molar refractivity (Wildman–Crippen MR) is 64.4 cm³/mol. The van der Waals surface area contributed by atoms with E-state index < -0.39 is 0 Å². The summed E-state index contributed by atoms with van der Waals surface area (Å²) in [6, 6.07) is 8.14. The minimum Gasteiger partial charge on any atom is -0.361 e. The van der Waals surface area contributed by atoms with Gasteiger partial charge in [0.2, 0.25) is 0 Å². The first-order valence-electron chi connectivity index (χ1n) is 5.62. The van der Waals surface area contributed by atoms with Crippen LogP contribution >= 0.6 is 0 Å². The van der Waals surface area contributed by atoms with Crippen LogP contribution in [0.2, 0.25) is 0 Å². The van der Waals surface area contributed by atoms with Crippen molar-refractivity contribution < 1.29 is 4.79 Å². The first kappa shape index (κ1) is 9.40. The molecule has 2 nitrogen and oxygen atoms in total. The number of rotatable bonds is 1. The lowest BCUT2D eigenvalue weighted by molar-refractivity contribution is -0.116. The second kappa shape index (κ2) is 3.63. The number of ketones is 1. The van der Waals surface area contributed by atoms with Crippen LogP contribution in [0.15, 0.2) is 42.6 Å². The largest absolute Gasteiger partial charge is 0.361 e. The second-order valence-corrected chi connectivity index (χ2v) is 4.22. The van der Waals surface area contributed by atoms with Gasteiger partial charge in [0.05, 0.1) is 0 Å². The minimum absolute atomic E-state index is 0.0427. The first-order valence-corrected chi connectivity index (χ1v) is 5.62. The van der Waals surface area contributed by atoms with E-state index in [1.54, 1.807) is 6.08 Å². The van der Waals surface area contributed by atoms with Crippen molar-refractivity contribution in [3.63, 3.8) is 0 Å². The van der Waals surface area contributed by atoms with E-state index in [9.17, 15) is 4.79 Å². The minimum atomic E-state index is 0.0427. The second-order valence-electron chi connectivity index (χ2n) is 4.22. The molecule has 1 aromatic heterocycles. The van der Waals surface area contributed by atoms with Crippen LogP contribution < -0.4 is 0 Å². The predicted octanol–water partition coefficient (Wildman–Crippen LogP) is 3.17. The van der Waals surface area contributed by atoms with Crippen LogP contribution in [0.1, 0.15) is 24.3 Å². The van der Waals surface area contributed by atoms with Gasteiger partial charge in [-0.25, -0.2) is 0 Å². The Morgan fingerprint density at radius 1 is 1.25 bits per heavy atom. The van der Waals surface area contributed by atoms with Crippen LogP contribution in [0.4, 0.5) is 0 Å². The van der Waals surface area contributed by atoms with E-state index in [0.717, 1.165) is 23.9 Å². The number of carbonyl (C=O) groups excluding carboxylic acids is 1. The van der Waals surface area contributed by atoms with Crippen LogP contribution in [-0.2, 0) is 4.79 Å². The number of hydrogen-bond acceptors (Lipinski definition) is 1. The summed E-state index contributed by atoms with van der Waals surface area (Å²) < 4.78 is 0. The number of carbonyl (C=O) groups is 1. The molecule has 0 saturated heterocycles. The van der Waals surface area contributed by atoms with Gasteiger partial charge in [-0.1, -0.05) is 24.3 Å². The zero-order valence-electron chi connectivity index (χ0n) is 8.94.